The monoisotopic (exact) mass is 379 g/mol. The van der Waals surface area contributed by atoms with Gasteiger partial charge in [-0.1, -0.05) is 6.07 Å². The quantitative estimate of drug-likeness (QED) is 0.716. The van der Waals surface area contributed by atoms with Crippen LogP contribution < -0.4 is 10.6 Å². The van der Waals surface area contributed by atoms with Crippen LogP contribution in [0.25, 0.3) is 16.9 Å². The number of anilines is 1. The molecule has 2 aliphatic heterocycles. The van der Waals surface area contributed by atoms with E-state index in [1.54, 1.807) is 10.9 Å². The topological polar surface area (TPSA) is 79.5 Å². The lowest BCUT2D eigenvalue weighted by atomic mass is 9.79. The fourth-order valence-electron chi connectivity index (χ4n) is 4.57. The lowest BCUT2D eigenvalue weighted by molar-refractivity contribution is 0.125. The van der Waals surface area contributed by atoms with E-state index in [4.69, 9.17) is 4.98 Å². The molecular weight excluding hydrogens is 354 g/mol. The van der Waals surface area contributed by atoms with Crippen LogP contribution in [-0.4, -0.2) is 56.3 Å². The van der Waals surface area contributed by atoms with E-state index in [0.717, 1.165) is 55.9 Å². The molecule has 146 valence electrons. The van der Waals surface area contributed by atoms with Crippen molar-refractivity contribution in [2.75, 3.05) is 31.5 Å². The smallest absolute Gasteiger partial charge is 0.323 e. The molecule has 2 N–H and O–H groups in total. The normalized spacial score (nSPS) is 22.2. The zero-order valence-corrected chi connectivity index (χ0v) is 16.1. The number of pyridine rings is 1. The third-order valence-corrected chi connectivity index (χ3v) is 6.01. The first-order valence-electron chi connectivity index (χ1n) is 9.86. The molecule has 0 aromatic carbocycles. The summed E-state index contributed by atoms with van der Waals surface area (Å²) in [4.78, 5) is 19.9. The van der Waals surface area contributed by atoms with Gasteiger partial charge in [0.1, 0.15) is 17.2 Å². The minimum atomic E-state index is -0.0539. The standard InChI is InChI=1S/C20H25N7O/c1-25-12-15(11-22-25)17-18(27-10-3-2-5-16(27)23-17)24-19(28)26-9-4-6-20(14-26)7-8-21-13-20/h2-3,5,10-12,21H,4,6-9,13-14H2,1H3,(H,24,28). The number of piperidine rings is 1. The van der Waals surface area contributed by atoms with Gasteiger partial charge >= 0.3 is 6.03 Å². The van der Waals surface area contributed by atoms with Gasteiger partial charge < -0.3 is 10.2 Å². The van der Waals surface area contributed by atoms with Crippen LogP contribution in [0.3, 0.4) is 0 Å². The minimum Gasteiger partial charge on any atom is -0.324 e. The summed E-state index contributed by atoms with van der Waals surface area (Å²) in [6.07, 6.45) is 9.01. The number of amides is 2. The molecule has 2 amide bonds. The molecule has 0 saturated carbocycles. The predicted molar refractivity (Wildman–Crippen MR) is 107 cm³/mol. The Labute approximate surface area is 163 Å². The van der Waals surface area contributed by atoms with Crippen molar-refractivity contribution in [3.8, 4) is 11.3 Å². The van der Waals surface area contributed by atoms with E-state index < -0.39 is 0 Å². The van der Waals surface area contributed by atoms with Gasteiger partial charge in [0.15, 0.2) is 0 Å². The lowest BCUT2D eigenvalue weighted by Crippen LogP contribution is -2.48. The van der Waals surface area contributed by atoms with Gasteiger partial charge in [-0.3, -0.25) is 14.4 Å². The molecular formula is C20H25N7O. The molecule has 28 heavy (non-hydrogen) atoms. The largest absolute Gasteiger partial charge is 0.324 e. The highest BCUT2D eigenvalue weighted by molar-refractivity contribution is 5.93. The van der Waals surface area contributed by atoms with Gasteiger partial charge in [0, 0.05) is 50.1 Å². The van der Waals surface area contributed by atoms with Crippen molar-refractivity contribution in [3.63, 3.8) is 0 Å². The van der Waals surface area contributed by atoms with Gasteiger partial charge in [-0.15, -0.1) is 0 Å². The predicted octanol–water partition coefficient (Wildman–Crippen LogP) is 2.34. The highest BCUT2D eigenvalue weighted by Gasteiger charge is 2.39. The number of carbonyl (C=O) groups is 1. The van der Waals surface area contributed by atoms with Crippen molar-refractivity contribution in [1.82, 2.24) is 29.4 Å². The summed E-state index contributed by atoms with van der Waals surface area (Å²) >= 11 is 0. The third kappa shape index (κ3) is 2.93. The average molecular weight is 379 g/mol. The number of likely N-dealkylation sites (tertiary alicyclic amines) is 1. The van der Waals surface area contributed by atoms with E-state index in [2.05, 4.69) is 15.7 Å². The molecule has 2 aliphatic rings. The number of aromatic nitrogens is 4. The number of nitrogens with one attached hydrogen (secondary N) is 2. The zero-order valence-electron chi connectivity index (χ0n) is 16.1. The van der Waals surface area contributed by atoms with Gasteiger partial charge in [-0.2, -0.15) is 5.10 Å². The number of imidazole rings is 1. The second-order valence-corrected chi connectivity index (χ2v) is 8.02. The number of hydrogen-bond acceptors (Lipinski definition) is 4. The lowest BCUT2D eigenvalue weighted by Gasteiger charge is -2.39. The maximum atomic E-state index is 13.2. The van der Waals surface area contributed by atoms with Crippen molar-refractivity contribution < 1.29 is 4.79 Å². The first-order valence-corrected chi connectivity index (χ1v) is 9.86. The number of fused-ring (bicyclic) bond motifs is 1. The Balaban J connectivity index is 1.46. The maximum Gasteiger partial charge on any atom is 0.323 e. The van der Waals surface area contributed by atoms with Crippen LogP contribution in [0.5, 0.6) is 0 Å². The molecule has 3 aromatic heterocycles. The highest BCUT2D eigenvalue weighted by Crippen LogP contribution is 2.36. The van der Waals surface area contributed by atoms with Crippen molar-refractivity contribution >= 4 is 17.5 Å². The summed E-state index contributed by atoms with van der Waals surface area (Å²) in [7, 11) is 1.88. The second-order valence-electron chi connectivity index (χ2n) is 8.02. The van der Waals surface area contributed by atoms with Gasteiger partial charge in [-0.25, -0.2) is 9.78 Å². The molecule has 0 bridgehead atoms. The molecule has 1 spiro atoms. The number of carbonyl (C=O) groups excluding carboxylic acids is 1. The number of nitrogens with zero attached hydrogens (tertiary/aromatic N) is 5. The second kappa shape index (κ2) is 6.63. The van der Waals surface area contributed by atoms with Crippen LogP contribution in [-0.2, 0) is 7.05 Å². The van der Waals surface area contributed by atoms with Crippen LogP contribution in [0.15, 0.2) is 36.8 Å². The van der Waals surface area contributed by atoms with Crippen LogP contribution in [0.4, 0.5) is 10.6 Å². The Morgan fingerprint density at radius 3 is 3.04 bits per heavy atom. The fraction of sp³-hybridized carbons (Fsp3) is 0.450. The first-order chi connectivity index (χ1) is 13.6. The maximum absolute atomic E-state index is 13.2. The van der Waals surface area contributed by atoms with E-state index in [1.807, 2.05) is 46.9 Å². The van der Waals surface area contributed by atoms with E-state index in [9.17, 15) is 4.79 Å². The number of hydrogen-bond donors (Lipinski definition) is 2. The fourth-order valence-corrected chi connectivity index (χ4v) is 4.57. The van der Waals surface area contributed by atoms with Gasteiger partial charge in [0.2, 0.25) is 0 Å². The summed E-state index contributed by atoms with van der Waals surface area (Å²) in [5.74, 6) is 0.692. The molecule has 2 saturated heterocycles. The van der Waals surface area contributed by atoms with Gasteiger partial charge in [0.05, 0.1) is 6.20 Å². The summed E-state index contributed by atoms with van der Waals surface area (Å²) in [6, 6.07) is 5.77. The summed E-state index contributed by atoms with van der Waals surface area (Å²) in [6.45, 7) is 3.67. The zero-order chi connectivity index (χ0) is 19.1. The number of aryl methyl sites for hydroxylation is 1. The van der Waals surface area contributed by atoms with Crippen LogP contribution in [0.2, 0.25) is 0 Å². The van der Waals surface area contributed by atoms with E-state index in [1.165, 1.54) is 6.42 Å². The van der Waals surface area contributed by atoms with E-state index in [-0.39, 0.29) is 11.4 Å². The van der Waals surface area contributed by atoms with Crippen LogP contribution >= 0.6 is 0 Å². The molecule has 1 unspecified atom stereocenters. The Bertz CT molecular complexity index is 1010. The summed E-state index contributed by atoms with van der Waals surface area (Å²) < 4.78 is 3.67. The van der Waals surface area contributed by atoms with E-state index >= 15 is 0 Å². The van der Waals surface area contributed by atoms with Crippen molar-refractivity contribution in [2.24, 2.45) is 12.5 Å². The van der Waals surface area contributed by atoms with Crippen LogP contribution in [0.1, 0.15) is 19.3 Å². The van der Waals surface area contributed by atoms with Gasteiger partial charge in [-0.05, 0) is 37.9 Å². The van der Waals surface area contributed by atoms with E-state index in [0.29, 0.717) is 5.82 Å². The minimum absolute atomic E-state index is 0.0539. The molecule has 8 nitrogen and oxygen atoms in total. The van der Waals surface area contributed by atoms with Crippen molar-refractivity contribution in [1.29, 1.82) is 0 Å². The van der Waals surface area contributed by atoms with Crippen molar-refractivity contribution in [3.05, 3.63) is 36.8 Å². The molecule has 2 fully saturated rings. The Morgan fingerprint density at radius 1 is 1.32 bits per heavy atom. The highest BCUT2D eigenvalue weighted by atomic mass is 16.2. The Kier molecular flexibility index (Phi) is 4.08. The molecule has 8 heteroatoms. The number of rotatable bonds is 2. The average Bonchev–Trinajstić information content (AvgIpc) is 3.42. The third-order valence-electron chi connectivity index (χ3n) is 6.01. The Morgan fingerprint density at radius 2 is 2.25 bits per heavy atom. The molecule has 0 radical (unpaired) electrons. The molecule has 3 aromatic rings. The molecule has 0 aliphatic carbocycles. The SMILES string of the molecule is Cn1cc(-c2nc3ccccn3c2NC(=O)N2CCCC3(CCNC3)C2)cn1. The molecule has 1 atom stereocenters. The molecule has 5 heterocycles. The summed E-state index contributed by atoms with van der Waals surface area (Å²) in [5, 5.41) is 10.9. The van der Waals surface area contributed by atoms with Crippen LogP contribution in [0, 0.1) is 5.41 Å². The number of urea groups is 1. The Hall–Kier alpha value is -2.87. The first kappa shape index (κ1) is 17.2. The van der Waals surface area contributed by atoms with Gasteiger partial charge in [0.25, 0.3) is 0 Å². The van der Waals surface area contributed by atoms with Crippen molar-refractivity contribution in [2.45, 2.75) is 19.3 Å². The molecule has 5 rings (SSSR count). The summed E-state index contributed by atoms with van der Waals surface area (Å²) in [5.41, 5.74) is 2.66.